The molecule has 0 heterocycles. The first-order valence-electron chi connectivity index (χ1n) is 6.74. The SMILES string of the molecule is N#CC1(c2ccccc2)CC(Nc2cccc(O)c2)C1. The van der Waals surface area contributed by atoms with Crippen molar-refractivity contribution < 1.29 is 5.11 Å². The maximum absolute atomic E-state index is 9.50. The van der Waals surface area contributed by atoms with Crippen molar-refractivity contribution >= 4 is 5.69 Å². The van der Waals surface area contributed by atoms with E-state index in [1.54, 1.807) is 12.1 Å². The zero-order valence-corrected chi connectivity index (χ0v) is 11.1. The van der Waals surface area contributed by atoms with Crippen LogP contribution in [0.1, 0.15) is 18.4 Å². The first-order chi connectivity index (χ1) is 9.72. The van der Waals surface area contributed by atoms with Gasteiger partial charge in [0.2, 0.25) is 0 Å². The zero-order valence-electron chi connectivity index (χ0n) is 11.1. The Hall–Kier alpha value is -2.47. The normalized spacial score (nSPS) is 24.4. The van der Waals surface area contributed by atoms with Crippen LogP contribution in [0.3, 0.4) is 0 Å². The number of benzene rings is 2. The molecule has 3 rings (SSSR count). The number of phenols is 1. The molecule has 0 aliphatic heterocycles. The molecule has 1 aliphatic carbocycles. The van der Waals surface area contributed by atoms with Crippen LogP contribution < -0.4 is 5.32 Å². The molecule has 1 aliphatic rings. The Morgan fingerprint density at radius 3 is 2.50 bits per heavy atom. The summed E-state index contributed by atoms with van der Waals surface area (Å²) in [6, 6.07) is 19.8. The lowest BCUT2D eigenvalue weighted by Crippen LogP contribution is -2.47. The predicted molar refractivity (Wildman–Crippen MR) is 78.5 cm³/mol. The summed E-state index contributed by atoms with van der Waals surface area (Å²) in [6.45, 7) is 0. The Labute approximate surface area is 118 Å². The number of anilines is 1. The number of phenolic OH excluding ortho intramolecular Hbond substituents is 1. The Morgan fingerprint density at radius 2 is 1.85 bits per heavy atom. The Balaban J connectivity index is 1.70. The van der Waals surface area contributed by atoms with Crippen molar-refractivity contribution in [3.05, 3.63) is 60.2 Å². The van der Waals surface area contributed by atoms with Crippen LogP contribution in [0.25, 0.3) is 0 Å². The van der Waals surface area contributed by atoms with E-state index in [9.17, 15) is 10.4 Å². The van der Waals surface area contributed by atoms with E-state index in [0.29, 0.717) is 0 Å². The summed E-state index contributed by atoms with van der Waals surface area (Å²) in [7, 11) is 0. The summed E-state index contributed by atoms with van der Waals surface area (Å²) < 4.78 is 0. The molecule has 3 nitrogen and oxygen atoms in total. The molecule has 1 saturated carbocycles. The van der Waals surface area contributed by atoms with Crippen LogP contribution in [0, 0.1) is 11.3 Å². The molecular weight excluding hydrogens is 248 g/mol. The average molecular weight is 264 g/mol. The second-order valence-corrected chi connectivity index (χ2v) is 5.36. The van der Waals surface area contributed by atoms with E-state index in [1.807, 2.05) is 42.5 Å². The van der Waals surface area contributed by atoms with E-state index < -0.39 is 0 Å². The highest BCUT2D eigenvalue weighted by Gasteiger charge is 2.46. The lowest BCUT2D eigenvalue weighted by molar-refractivity contribution is 0.289. The lowest BCUT2D eigenvalue weighted by Gasteiger charge is -2.43. The van der Waals surface area contributed by atoms with Gasteiger partial charge in [0.05, 0.1) is 11.5 Å². The summed E-state index contributed by atoms with van der Waals surface area (Å²) in [5, 5.41) is 22.3. The first-order valence-corrected chi connectivity index (χ1v) is 6.74. The summed E-state index contributed by atoms with van der Waals surface area (Å²) >= 11 is 0. The largest absolute Gasteiger partial charge is 0.508 e. The van der Waals surface area contributed by atoms with Gasteiger partial charge >= 0.3 is 0 Å². The van der Waals surface area contributed by atoms with Crippen LogP contribution in [-0.2, 0) is 5.41 Å². The molecule has 0 saturated heterocycles. The monoisotopic (exact) mass is 264 g/mol. The first kappa shape index (κ1) is 12.6. The molecule has 100 valence electrons. The van der Waals surface area contributed by atoms with Gasteiger partial charge in [0.25, 0.3) is 0 Å². The molecule has 1 fully saturated rings. The number of nitrogens with zero attached hydrogens (tertiary/aromatic N) is 1. The van der Waals surface area contributed by atoms with E-state index in [4.69, 9.17) is 0 Å². The van der Waals surface area contributed by atoms with E-state index in [-0.39, 0.29) is 17.2 Å². The van der Waals surface area contributed by atoms with Gasteiger partial charge in [-0.05, 0) is 30.5 Å². The number of hydrogen-bond acceptors (Lipinski definition) is 3. The molecule has 0 unspecified atom stereocenters. The van der Waals surface area contributed by atoms with Gasteiger partial charge in [-0.15, -0.1) is 0 Å². The highest BCUT2D eigenvalue weighted by molar-refractivity contribution is 5.50. The van der Waals surface area contributed by atoms with Crippen LogP contribution in [0.4, 0.5) is 5.69 Å². The third kappa shape index (κ3) is 2.21. The minimum atomic E-state index is -0.365. The third-order valence-corrected chi connectivity index (χ3v) is 3.95. The Bertz CT molecular complexity index is 640. The van der Waals surface area contributed by atoms with E-state index in [1.165, 1.54) is 0 Å². The fourth-order valence-corrected chi connectivity index (χ4v) is 2.86. The van der Waals surface area contributed by atoms with Gasteiger partial charge in [0.15, 0.2) is 0 Å². The number of rotatable bonds is 3. The van der Waals surface area contributed by atoms with Crippen molar-refractivity contribution in [1.82, 2.24) is 0 Å². The van der Waals surface area contributed by atoms with E-state index in [2.05, 4.69) is 11.4 Å². The van der Waals surface area contributed by atoms with Gasteiger partial charge in [0, 0.05) is 17.8 Å². The molecule has 0 atom stereocenters. The molecule has 0 radical (unpaired) electrons. The third-order valence-electron chi connectivity index (χ3n) is 3.95. The molecule has 0 amide bonds. The fourth-order valence-electron chi connectivity index (χ4n) is 2.86. The van der Waals surface area contributed by atoms with E-state index >= 15 is 0 Å². The maximum Gasteiger partial charge on any atom is 0.117 e. The second-order valence-electron chi connectivity index (χ2n) is 5.36. The zero-order chi connectivity index (χ0) is 14.0. The molecule has 2 aromatic carbocycles. The summed E-state index contributed by atoms with van der Waals surface area (Å²) in [5.74, 6) is 0.254. The topological polar surface area (TPSA) is 56.0 Å². The molecule has 0 spiro atoms. The van der Waals surface area contributed by atoms with Gasteiger partial charge in [-0.3, -0.25) is 0 Å². The molecule has 2 aromatic rings. The Kier molecular flexibility index (Phi) is 3.08. The average Bonchev–Trinajstić information content (AvgIpc) is 2.43. The van der Waals surface area contributed by atoms with Gasteiger partial charge < -0.3 is 10.4 Å². The van der Waals surface area contributed by atoms with Crippen LogP contribution in [-0.4, -0.2) is 11.1 Å². The highest BCUT2D eigenvalue weighted by atomic mass is 16.3. The van der Waals surface area contributed by atoms with Crippen molar-refractivity contribution in [2.45, 2.75) is 24.3 Å². The van der Waals surface area contributed by atoms with Gasteiger partial charge in [-0.1, -0.05) is 36.4 Å². The molecule has 0 bridgehead atoms. The number of hydrogen-bond donors (Lipinski definition) is 2. The summed E-state index contributed by atoms with van der Waals surface area (Å²) in [5.41, 5.74) is 1.63. The summed E-state index contributed by atoms with van der Waals surface area (Å²) in [4.78, 5) is 0. The van der Waals surface area contributed by atoms with Gasteiger partial charge in [-0.25, -0.2) is 0 Å². The Morgan fingerprint density at radius 1 is 1.10 bits per heavy atom. The maximum atomic E-state index is 9.50. The number of nitrogens with one attached hydrogen (secondary N) is 1. The van der Waals surface area contributed by atoms with Crippen molar-refractivity contribution in [3.63, 3.8) is 0 Å². The number of nitriles is 1. The van der Waals surface area contributed by atoms with Crippen LogP contribution in [0.2, 0.25) is 0 Å². The molecule has 20 heavy (non-hydrogen) atoms. The quantitative estimate of drug-likeness (QED) is 0.893. The van der Waals surface area contributed by atoms with Gasteiger partial charge in [-0.2, -0.15) is 5.26 Å². The van der Waals surface area contributed by atoms with Crippen LogP contribution in [0.15, 0.2) is 54.6 Å². The smallest absolute Gasteiger partial charge is 0.117 e. The summed E-state index contributed by atoms with van der Waals surface area (Å²) in [6.07, 6.45) is 1.59. The van der Waals surface area contributed by atoms with Crippen LogP contribution >= 0.6 is 0 Å². The fraction of sp³-hybridized carbons (Fsp3) is 0.235. The number of aromatic hydroxyl groups is 1. The highest BCUT2D eigenvalue weighted by Crippen LogP contribution is 2.44. The van der Waals surface area contributed by atoms with E-state index in [0.717, 1.165) is 24.1 Å². The molecule has 3 heteroatoms. The minimum absolute atomic E-state index is 0.254. The molecule has 2 N–H and O–H groups in total. The van der Waals surface area contributed by atoms with Gasteiger partial charge in [0.1, 0.15) is 5.75 Å². The van der Waals surface area contributed by atoms with Crippen molar-refractivity contribution in [2.24, 2.45) is 0 Å². The van der Waals surface area contributed by atoms with Crippen molar-refractivity contribution in [2.75, 3.05) is 5.32 Å². The minimum Gasteiger partial charge on any atom is -0.508 e. The lowest BCUT2D eigenvalue weighted by atomic mass is 9.62. The molecule has 0 aromatic heterocycles. The van der Waals surface area contributed by atoms with Crippen molar-refractivity contribution in [3.8, 4) is 11.8 Å². The second kappa shape index (κ2) is 4.90. The van der Waals surface area contributed by atoms with Crippen LogP contribution in [0.5, 0.6) is 5.75 Å². The standard InChI is InChI=1S/C17H16N2O/c18-12-17(13-5-2-1-3-6-13)10-15(11-17)19-14-7-4-8-16(20)9-14/h1-9,15,19-20H,10-11H2. The molecular formula is C17H16N2O. The van der Waals surface area contributed by atoms with Crippen molar-refractivity contribution in [1.29, 1.82) is 5.26 Å². The predicted octanol–water partition coefficient (Wildman–Crippen LogP) is 3.43.